The second-order valence-corrected chi connectivity index (χ2v) is 8.45. The Hall–Kier alpha value is -2.63. The molecule has 0 unspecified atom stereocenters. The number of nitrogens with zero attached hydrogens (tertiary/aromatic N) is 3. The highest BCUT2D eigenvalue weighted by molar-refractivity contribution is 6.32. The summed E-state index contributed by atoms with van der Waals surface area (Å²) in [7, 11) is 0. The zero-order valence-electron chi connectivity index (χ0n) is 17.7. The molecule has 2 heterocycles. The van der Waals surface area contributed by atoms with Crippen molar-refractivity contribution in [3.63, 3.8) is 0 Å². The highest BCUT2D eigenvalue weighted by Gasteiger charge is 2.29. The van der Waals surface area contributed by atoms with Crippen molar-refractivity contribution in [3.8, 4) is 16.9 Å². The molecular formula is C24H26ClN3O2. The second kappa shape index (κ2) is 8.25. The molecule has 2 aromatic carbocycles. The Balaban J connectivity index is 1.81. The fourth-order valence-electron chi connectivity index (χ4n) is 3.89. The zero-order valence-corrected chi connectivity index (χ0v) is 18.5. The molecule has 1 aliphatic heterocycles. The SMILES string of the molecule is Cc1ccc(-c2cc(C(=O)N3C[C@H](C)O[C@@H](C)C3)n(-c3ccccc3Cl)n2)cc1C. The van der Waals surface area contributed by atoms with Crippen LogP contribution in [0.3, 0.4) is 0 Å². The first-order valence-corrected chi connectivity index (χ1v) is 10.6. The number of amides is 1. The average Bonchev–Trinajstić information content (AvgIpc) is 3.14. The minimum atomic E-state index is -0.0699. The maximum atomic E-state index is 13.5. The van der Waals surface area contributed by atoms with Gasteiger partial charge in [0.25, 0.3) is 5.91 Å². The molecule has 0 aliphatic carbocycles. The normalized spacial score (nSPS) is 19.2. The lowest BCUT2D eigenvalue weighted by molar-refractivity contribution is -0.0588. The summed E-state index contributed by atoms with van der Waals surface area (Å²) in [5, 5.41) is 5.34. The zero-order chi connectivity index (χ0) is 21.4. The fourth-order valence-corrected chi connectivity index (χ4v) is 4.10. The minimum absolute atomic E-state index is 0.00592. The molecule has 1 amide bonds. The van der Waals surface area contributed by atoms with Crippen LogP contribution in [0.1, 0.15) is 35.5 Å². The summed E-state index contributed by atoms with van der Waals surface area (Å²) in [6.45, 7) is 9.24. The lowest BCUT2D eigenvalue weighted by Gasteiger charge is -2.35. The maximum Gasteiger partial charge on any atom is 0.272 e. The third kappa shape index (κ3) is 4.00. The average molecular weight is 424 g/mol. The van der Waals surface area contributed by atoms with Crippen molar-refractivity contribution in [3.05, 3.63) is 70.4 Å². The van der Waals surface area contributed by atoms with Gasteiger partial charge < -0.3 is 9.64 Å². The summed E-state index contributed by atoms with van der Waals surface area (Å²) in [6.07, 6.45) is -0.0118. The van der Waals surface area contributed by atoms with Gasteiger partial charge in [-0.15, -0.1) is 0 Å². The number of carbonyl (C=O) groups excluding carboxylic acids is 1. The van der Waals surface area contributed by atoms with Crippen LogP contribution in [0, 0.1) is 13.8 Å². The van der Waals surface area contributed by atoms with Crippen molar-refractivity contribution in [1.29, 1.82) is 0 Å². The molecule has 3 aromatic rings. The Kier molecular flexibility index (Phi) is 5.67. The molecule has 1 saturated heterocycles. The van der Waals surface area contributed by atoms with E-state index < -0.39 is 0 Å². The van der Waals surface area contributed by atoms with Crippen LogP contribution in [0.25, 0.3) is 16.9 Å². The van der Waals surface area contributed by atoms with Gasteiger partial charge in [0.15, 0.2) is 0 Å². The van der Waals surface area contributed by atoms with E-state index in [2.05, 4.69) is 26.0 Å². The van der Waals surface area contributed by atoms with E-state index in [1.54, 1.807) is 10.7 Å². The van der Waals surface area contributed by atoms with Crippen LogP contribution in [-0.4, -0.2) is 45.9 Å². The topological polar surface area (TPSA) is 47.4 Å². The summed E-state index contributed by atoms with van der Waals surface area (Å²) in [4.78, 5) is 15.4. The monoisotopic (exact) mass is 423 g/mol. The van der Waals surface area contributed by atoms with Crippen LogP contribution in [0.4, 0.5) is 0 Å². The lowest BCUT2D eigenvalue weighted by Crippen LogP contribution is -2.48. The molecule has 0 radical (unpaired) electrons. The third-order valence-corrected chi connectivity index (χ3v) is 5.84. The minimum Gasteiger partial charge on any atom is -0.372 e. The summed E-state index contributed by atoms with van der Waals surface area (Å²) in [5.41, 5.74) is 5.31. The van der Waals surface area contributed by atoms with Gasteiger partial charge in [-0.1, -0.05) is 35.9 Å². The molecule has 0 saturated carbocycles. The summed E-state index contributed by atoms with van der Waals surface area (Å²) in [5.74, 6) is -0.0699. The van der Waals surface area contributed by atoms with Crippen LogP contribution in [0.15, 0.2) is 48.5 Å². The van der Waals surface area contributed by atoms with E-state index >= 15 is 0 Å². The highest BCUT2D eigenvalue weighted by Crippen LogP contribution is 2.28. The van der Waals surface area contributed by atoms with Gasteiger partial charge in [-0.05, 0) is 63.1 Å². The molecular weight excluding hydrogens is 398 g/mol. The van der Waals surface area contributed by atoms with Crippen LogP contribution >= 0.6 is 11.6 Å². The van der Waals surface area contributed by atoms with Gasteiger partial charge in [0.1, 0.15) is 5.69 Å². The molecule has 1 aromatic heterocycles. The van der Waals surface area contributed by atoms with E-state index in [1.807, 2.05) is 49.1 Å². The van der Waals surface area contributed by atoms with E-state index in [-0.39, 0.29) is 18.1 Å². The van der Waals surface area contributed by atoms with E-state index in [0.717, 1.165) is 11.3 Å². The number of hydrogen-bond acceptors (Lipinski definition) is 3. The molecule has 0 spiro atoms. The Morgan fingerprint density at radius 3 is 2.40 bits per heavy atom. The molecule has 1 fully saturated rings. The summed E-state index contributed by atoms with van der Waals surface area (Å²) in [6, 6.07) is 15.5. The smallest absolute Gasteiger partial charge is 0.272 e. The molecule has 2 atom stereocenters. The van der Waals surface area contributed by atoms with Gasteiger partial charge in [-0.3, -0.25) is 4.79 Å². The molecule has 156 valence electrons. The van der Waals surface area contributed by atoms with E-state index in [9.17, 15) is 4.79 Å². The first kappa shape index (κ1) is 20.6. The maximum absolute atomic E-state index is 13.5. The largest absolute Gasteiger partial charge is 0.372 e. The predicted molar refractivity (Wildman–Crippen MR) is 119 cm³/mol. The highest BCUT2D eigenvalue weighted by atomic mass is 35.5. The van der Waals surface area contributed by atoms with Crippen molar-refractivity contribution >= 4 is 17.5 Å². The predicted octanol–water partition coefficient (Wildman–Crippen LogP) is 5.06. The number of benzene rings is 2. The van der Waals surface area contributed by atoms with Crippen LogP contribution < -0.4 is 0 Å². The van der Waals surface area contributed by atoms with Crippen molar-refractivity contribution in [2.24, 2.45) is 0 Å². The number of ether oxygens (including phenoxy) is 1. The lowest BCUT2D eigenvalue weighted by atomic mass is 10.0. The number of morpholine rings is 1. The number of aromatic nitrogens is 2. The summed E-state index contributed by atoms with van der Waals surface area (Å²) < 4.78 is 7.46. The number of hydrogen-bond donors (Lipinski definition) is 0. The first-order chi connectivity index (χ1) is 14.3. The molecule has 0 bridgehead atoms. The van der Waals surface area contributed by atoms with Crippen molar-refractivity contribution < 1.29 is 9.53 Å². The van der Waals surface area contributed by atoms with Gasteiger partial charge in [-0.2, -0.15) is 5.10 Å². The standard InChI is InChI=1S/C24H26ClN3O2/c1-15-9-10-19(11-16(15)2)21-12-23(24(29)27-13-17(3)30-18(4)14-27)28(26-21)22-8-6-5-7-20(22)25/h5-12,17-18H,13-14H2,1-4H3/t17-,18-/m0/s1. The van der Waals surface area contributed by atoms with Gasteiger partial charge in [0.2, 0.25) is 0 Å². The van der Waals surface area contributed by atoms with Crippen molar-refractivity contribution in [2.75, 3.05) is 13.1 Å². The van der Waals surface area contributed by atoms with Crippen LogP contribution in [0.2, 0.25) is 5.02 Å². The molecule has 4 rings (SSSR count). The van der Waals surface area contributed by atoms with Gasteiger partial charge in [0.05, 0.1) is 28.6 Å². The number of halogens is 1. The number of aryl methyl sites for hydroxylation is 2. The Labute approximate surface area is 182 Å². The molecule has 30 heavy (non-hydrogen) atoms. The quantitative estimate of drug-likeness (QED) is 0.591. The first-order valence-electron chi connectivity index (χ1n) is 10.2. The fraction of sp³-hybridized carbons (Fsp3) is 0.333. The molecule has 6 heteroatoms. The molecule has 1 aliphatic rings. The number of rotatable bonds is 3. The number of para-hydroxylation sites is 1. The summed E-state index contributed by atoms with van der Waals surface area (Å²) >= 11 is 6.46. The van der Waals surface area contributed by atoms with Crippen molar-refractivity contribution in [1.82, 2.24) is 14.7 Å². The van der Waals surface area contributed by atoms with E-state index in [1.165, 1.54) is 11.1 Å². The van der Waals surface area contributed by atoms with Gasteiger partial charge in [0, 0.05) is 18.7 Å². The van der Waals surface area contributed by atoms with Crippen molar-refractivity contribution in [2.45, 2.75) is 39.9 Å². The van der Waals surface area contributed by atoms with Crippen LogP contribution in [0.5, 0.6) is 0 Å². The Bertz CT molecular complexity index is 1080. The van der Waals surface area contributed by atoms with E-state index in [0.29, 0.717) is 29.5 Å². The third-order valence-electron chi connectivity index (χ3n) is 5.52. The molecule has 0 N–H and O–H groups in total. The Morgan fingerprint density at radius 2 is 1.73 bits per heavy atom. The molecule has 5 nitrogen and oxygen atoms in total. The second-order valence-electron chi connectivity index (χ2n) is 8.04. The number of carbonyl (C=O) groups is 1. The van der Waals surface area contributed by atoms with Crippen LogP contribution in [-0.2, 0) is 4.74 Å². The Morgan fingerprint density at radius 1 is 1.03 bits per heavy atom. The van der Waals surface area contributed by atoms with E-state index in [4.69, 9.17) is 21.4 Å². The van der Waals surface area contributed by atoms with Gasteiger partial charge >= 0.3 is 0 Å². The van der Waals surface area contributed by atoms with Gasteiger partial charge in [-0.25, -0.2) is 4.68 Å².